The Kier molecular flexibility index (Phi) is 3.81. The number of amidine groups is 1. The summed E-state index contributed by atoms with van der Waals surface area (Å²) in [4.78, 5) is 7.29. The number of nitrogens with zero attached hydrogens (tertiary/aromatic N) is 2. The molecule has 2 heterocycles. The third kappa shape index (κ3) is 1.71. The Morgan fingerprint density at radius 2 is 2.11 bits per heavy atom. The van der Waals surface area contributed by atoms with Gasteiger partial charge in [-0.1, -0.05) is 13.0 Å². The van der Waals surface area contributed by atoms with Crippen LogP contribution in [0.4, 0.5) is 0 Å². The van der Waals surface area contributed by atoms with Crippen LogP contribution in [0.25, 0.3) is 0 Å². The summed E-state index contributed by atoms with van der Waals surface area (Å²) in [6.07, 6.45) is 3.42. The average molecular weight is 250 g/mol. The van der Waals surface area contributed by atoms with Gasteiger partial charge in [-0.25, -0.2) is 0 Å². The van der Waals surface area contributed by atoms with Crippen LogP contribution in [0.1, 0.15) is 41.0 Å². The molecule has 0 aromatic rings. The molecule has 2 rings (SSSR count). The van der Waals surface area contributed by atoms with Gasteiger partial charge in [-0.2, -0.15) is 0 Å². The monoisotopic (exact) mass is 250 g/mol. The van der Waals surface area contributed by atoms with Crippen molar-refractivity contribution in [3.63, 3.8) is 0 Å². The Morgan fingerprint density at radius 3 is 2.44 bits per heavy atom. The molecule has 2 aliphatic heterocycles. The van der Waals surface area contributed by atoms with Gasteiger partial charge in [0.2, 0.25) is 0 Å². The molecule has 3 heteroatoms. The summed E-state index contributed by atoms with van der Waals surface area (Å²) in [7, 11) is 0. The van der Waals surface area contributed by atoms with Crippen LogP contribution in [0.2, 0.25) is 0 Å². The minimum absolute atomic E-state index is 0.179. The lowest BCUT2D eigenvalue weighted by Crippen LogP contribution is -2.64. The third-order valence-electron chi connectivity index (χ3n) is 4.24. The fraction of sp³-hybridized carbons (Fsp3) is 0.800. The van der Waals surface area contributed by atoms with Gasteiger partial charge in [0.1, 0.15) is 5.84 Å². The molecule has 2 saturated heterocycles. The van der Waals surface area contributed by atoms with Crippen molar-refractivity contribution < 1.29 is 4.74 Å². The van der Waals surface area contributed by atoms with E-state index in [-0.39, 0.29) is 5.54 Å². The van der Waals surface area contributed by atoms with E-state index in [1.54, 1.807) is 0 Å². The molecular formula is C15H26N2O. The minimum atomic E-state index is 0.179. The van der Waals surface area contributed by atoms with Crippen molar-refractivity contribution in [2.75, 3.05) is 19.8 Å². The summed E-state index contributed by atoms with van der Waals surface area (Å²) in [5.41, 5.74) is 1.61. The molecule has 0 aliphatic carbocycles. The first-order valence-electron chi connectivity index (χ1n) is 7.20. The second-order valence-electron chi connectivity index (χ2n) is 5.56. The van der Waals surface area contributed by atoms with Crippen LogP contribution < -0.4 is 0 Å². The van der Waals surface area contributed by atoms with E-state index in [0.717, 1.165) is 26.2 Å². The minimum Gasteiger partial charge on any atom is -0.376 e. The zero-order chi connectivity index (χ0) is 13.3. The summed E-state index contributed by atoms with van der Waals surface area (Å²) in [5, 5.41) is 0. The Morgan fingerprint density at radius 1 is 1.44 bits per heavy atom. The molecule has 2 aliphatic rings. The summed E-state index contributed by atoms with van der Waals surface area (Å²) >= 11 is 0. The largest absolute Gasteiger partial charge is 0.376 e. The molecule has 0 amide bonds. The molecule has 1 spiro atoms. The second kappa shape index (κ2) is 5.04. The summed E-state index contributed by atoms with van der Waals surface area (Å²) in [6, 6.07) is 0.477. The lowest BCUT2D eigenvalue weighted by atomic mass is 9.78. The molecule has 0 aromatic heterocycles. The highest BCUT2D eigenvalue weighted by molar-refractivity contribution is 6.02. The smallest absolute Gasteiger partial charge is 0.127 e. The fourth-order valence-electron chi connectivity index (χ4n) is 3.62. The molecule has 0 bridgehead atoms. The molecule has 1 unspecified atom stereocenters. The van der Waals surface area contributed by atoms with Crippen LogP contribution in [-0.2, 0) is 4.74 Å². The van der Waals surface area contributed by atoms with Crippen molar-refractivity contribution in [3.8, 4) is 0 Å². The van der Waals surface area contributed by atoms with Crippen LogP contribution in [0.3, 0.4) is 0 Å². The van der Waals surface area contributed by atoms with Crippen molar-refractivity contribution in [1.29, 1.82) is 0 Å². The van der Waals surface area contributed by atoms with Gasteiger partial charge in [0.25, 0.3) is 0 Å². The van der Waals surface area contributed by atoms with E-state index >= 15 is 0 Å². The maximum absolute atomic E-state index is 5.57. The van der Waals surface area contributed by atoms with Crippen molar-refractivity contribution in [2.45, 2.75) is 52.6 Å². The Balaban J connectivity index is 2.49. The zero-order valence-corrected chi connectivity index (χ0v) is 12.4. The van der Waals surface area contributed by atoms with E-state index in [4.69, 9.17) is 9.73 Å². The molecule has 2 fully saturated rings. The second-order valence-corrected chi connectivity index (χ2v) is 5.56. The fourth-order valence-corrected chi connectivity index (χ4v) is 3.62. The van der Waals surface area contributed by atoms with Crippen LogP contribution in [0.5, 0.6) is 0 Å². The number of hydrogen-bond acceptors (Lipinski definition) is 2. The SMILES string of the molecule is CC=C1C(=NCC)N(C(C)C)C2(COC2)C1CC. The first kappa shape index (κ1) is 13.6. The van der Waals surface area contributed by atoms with Crippen molar-refractivity contribution in [2.24, 2.45) is 10.9 Å². The van der Waals surface area contributed by atoms with Gasteiger partial charge in [-0.3, -0.25) is 4.99 Å². The Bertz CT molecular complexity index is 367. The number of allylic oxidation sites excluding steroid dienone is 1. The van der Waals surface area contributed by atoms with Gasteiger partial charge in [0.05, 0.1) is 18.8 Å². The van der Waals surface area contributed by atoms with Crippen LogP contribution in [0, 0.1) is 5.92 Å². The van der Waals surface area contributed by atoms with E-state index in [2.05, 4.69) is 45.6 Å². The molecule has 3 nitrogen and oxygen atoms in total. The highest BCUT2D eigenvalue weighted by Gasteiger charge is 2.58. The van der Waals surface area contributed by atoms with E-state index < -0.39 is 0 Å². The highest BCUT2D eigenvalue weighted by Crippen LogP contribution is 2.47. The first-order chi connectivity index (χ1) is 8.62. The first-order valence-corrected chi connectivity index (χ1v) is 7.20. The Labute approximate surface area is 111 Å². The van der Waals surface area contributed by atoms with Gasteiger partial charge < -0.3 is 9.64 Å². The summed E-state index contributed by atoms with van der Waals surface area (Å²) in [6.45, 7) is 13.6. The normalized spacial score (nSPS) is 30.8. The topological polar surface area (TPSA) is 24.8 Å². The number of hydrogen-bond donors (Lipinski definition) is 0. The van der Waals surface area contributed by atoms with Gasteiger partial charge in [0, 0.05) is 18.5 Å². The Hall–Kier alpha value is -0.830. The molecule has 1 atom stereocenters. The molecule has 18 heavy (non-hydrogen) atoms. The number of likely N-dealkylation sites (tertiary alicyclic amines) is 1. The van der Waals surface area contributed by atoms with E-state index in [1.165, 1.54) is 11.4 Å². The van der Waals surface area contributed by atoms with Crippen molar-refractivity contribution in [1.82, 2.24) is 4.90 Å². The molecule has 0 saturated carbocycles. The number of aliphatic imine (C=N–C) groups is 1. The third-order valence-corrected chi connectivity index (χ3v) is 4.24. The highest BCUT2D eigenvalue weighted by atomic mass is 16.5. The maximum atomic E-state index is 5.57. The molecule has 0 N–H and O–H groups in total. The van der Waals surface area contributed by atoms with Crippen molar-refractivity contribution in [3.05, 3.63) is 11.6 Å². The van der Waals surface area contributed by atoms with Crippen molar-refractivity contribution >= 4 is 5.84 Å². The average Bonchev–Trinajstić information content (AvgIpc) is 2.58. The van der Waals surface area contributed by atoms with Gasteiger partial charge in [-0.05, 0) is 39.7 Å². The molecular weight excluding hydrogens is 224 g/mol. The zero-order valence-electron chi connectivity index (χ0n) is 12.4. The number of rotatable bonds is 3. The lowest BCUT2D eigenvalue weighted by Gasteiger charge is -2.50. The van der Waals surface area contributed by atoms with E-state index in [1.807, 2.05) is 0 Å². The lowest BCUT2D eigenvalue weighted by molar-refractivity contribution is -0.136. The van der Waals surface area contributed by atoms with Crippen LogP contribution in [0.15, 0.2) is 16.6 Å². The molecule has 0 radical (unpaired) electrons. The van der Waals surface area contributed by atoms with E-state index in [9.17, 15) is 0 Å². The quantitative estimate of drug-likeness (QED) is 0.769. The van der Waals surface area contributed by atoms with Crippen LogP contribution >= 0.6 is 0 Å². The maximum Gasteiger partial charge on any atom is 0.127 e. The predicted octanol–water partition coefficient (Wildman–Crippen LogP) is 2.87. The van der Waals surface area contributed by atoms with E-state index in [0.29, 0.717) is 12.0 Å². The molecule has 0 aromatic carbocycles. The standard InChI is InChI=1S/C15H26N2O/c1-6-12-13(7-2)15(9-18-10-15)17(11(4)5)14(12)16-8-3/h6,11,13H,7-10H2,1-5H3. The van der Waals surface area contributed by atoms with Gasteiger partial charge in [0.15, 0.2) is 0 Å². The summed E-state index contributed by atoms with van der Waals surface area (Å²) < 4.78 is 5.57. The van der Waals surface area contributed by atoms with Gasteiger partial charge in [-0.15, -0.1) is 0 Å². The molecule has 102 valence electrons. The van der Waals surface area contributed by atoms with Crippen LogP contribution in [-0.4, -0.2) is 42.1 Å². The summed E-state index contributed by atoms with van der Waals surface area (Å²) in [5.74, 6) is 1.79. The van der Waals surface area contributed by atoms with Gasteiger partial charge >= 0.3 is 0 Å². The predicted molar refractivity (Wildman–Crippen MR) is 76.0 cm³/mol. The number of ether oxygens (including phenoxy) is 1.